The molecule has 1 aromatic rings. The standard InChI is InChI=1S/C16H26N2O4S/c1-11-8-14(21-3)15(22-4)9-16(11)23(19,20)18-7-5-6-13(10-18)12(2)17/h8-9,12-13H,5-7,10,17H2,1-4H3. The third-order valence-electron chi connectivity index (χ3n) is 4.46. The molecule has 7 heteroatoms. The van der Waals surface area contributed by atoms with Gasteiger partial charge in [0.15, 0.2) is 11.5 Å². The zero-order valence-electron chi connectivity index (χ0n) is 14.2. The lowest BCUT2D eigenvalue weighted by atomic mass is 9.93. The van der Waals surface area contributed by atoms with E-state index in [2.05, 4.69) is 0 Å². The van der Waals surface area contributed by atoms with Crippen molar-refractivity contribution >= 4 is 10.0 Å². The average Bonchev–Trinajstić information content (AvgIpc) is 2.54. The summed E-state index contributed by atoms with van der Waals surface area (Å²) in [5, 5.41) is 0. The van der Waals surface area contributed by atoms with Crippen LogP contribution in [0.2, 0.25) is 0 Å². The van der Waals surface area contributed by atoms with E-state index < -0.39 is 10.0 Å². The van der Waals surface area contributed by atoms with E-state index in [1.807, 2.05) is 6.92 Å². The molecule has 130 valence electrons. The molecule has 1 heterocycles. The van der Waals surface area contributed by atoms with Crippen LogP contribution in [0.4, 0.5) is 0 Å². The zero-order valence-corrected chi connectivity index (χ0v) is 15.0. The predicted molar refractivity (Wildman–Crippen MR) is 89.4 cm³/mol. The molecule has 2 unspecified atom stereocenters. The molecular formula is C16H26N2O4S. The minimum atomic E-state index is -3.57. The maximum atomic E-state index is 13.0. The summed E-state index contributed by atoms with van der Waals surface area (Å²) in [7, 11) is -0.547. The number of ether oxygens (including phenoxy) is 2. The average molecular weight is 342 g/mol. The summed E-state index contributed by atoms with van der Waals surface area (Å²) in [5.41, 5.74) is 6.61. The number of nitrogens with zero attached hydrogens (tertiary/aromatic N) is 1. The molecule has 0 amide bonds. The Kier molecular flexibility index (Phi) is 5.54. The van der Waals surface area contributed by atoms with Crippen LogP contribution < -0.4 is 15.2 Å². The molecule has 23 heavy (non-hydrogen) atoms. The highest BCUT2D eigenvalue weighted by atomic mass is 32.2. The summed E-state index contributed by atoms with van der Waals surface area (Å²) in [4.78, 5) is 0.264. The molecule has 6 nitrogen and oxygen atoms in total. The molecular weight excluding hydrogens is 316 g/mol. The van der Waals surface area contributed by atoms with E-state index in [-0.39, 0.29) is 16.9 Å². The van der Waals surface area contributed by atoms with E-state index in [0.717, 1.165) is 12.8 Å². The van der Waals surface area contributed by atoms with Crippen molar-refractivity contribution in [3.8, 4) is 11.5 Å². The molecule has 0 spiro atoms. The summed E-state index contributed by atoms with van der Waals surface area (Å²) in [5.74, 6) is 1.13. The van der Waals surface area contributed by atoms with Crippen LogP contribution in [0.5, 0.6) is 11.5 Å². The molecule has 1 saturated heterocycles. The van der Waals surface area contributed by atoms with Crippen LogP contribution in [-0.2, 0) is 10.0 Å². The van der Waals surface area contributed by atoms with Crippen molar-refractivity contribution in [3.05, 3.63) is 17.7 Å². The van der Waals surface area contributed by atoms with Gasteiger partial charge in [0, 0.05) is 25.2 Å². The van der Waals surface area contributed by atoms with Gasteiger partial charge in [0.2, 0.25) is 10.0 Å². The third-order valence-corrected chi connectivity index (χ3v) is 6.47. The van der Waals surface area contributed by atoms with Gasteiger partial charge in [-0.25, -0.2) is 8.42 Å². The van der Waals surface area contributed by atoms with Gasteiger partial charge in [0.1, 0.15) is 0 Å². The monoisotopic (exact) mass is 342 g/mol. The number of benzene rings is 1. The minimum absolute atomic E-state index is 0.0144. The molecule has 0 aliphatic carbocycles. The number of sulfonamides is 1. The van der Waals surface area contributed by atoms with E-state index >= 15 is 0 Å². The van der Waals surface area contributed by atoms with Gasteiger partial charge in [-0.15, -0.1) is 0 Å². The second-order valence-corrected chi connectivity index (χ2v) is 8.00. The highest BCUT2D eigenvalue weighted by Crippen LogP contribution is 2.34. The Morgan fingerprint density at radius 3 is 2.43 bits per heavy atom. The second-order valence-electron chi connectivity index (χ2n) is 6.10. The number of methoxy groups -OCH3 is 2. The Morgan fingerprint density at radius 2 is 1.87 bits per heavy atom. The number of hydrogen-bond acceptors (Lipinski definition) is 5. The maximum Gasteiger partial charge on any atom is 0.243 e. The van der Waals surface area contributed by atoms with Gasteiger partial charge in [0.25, 0.3) is 0 Å². The Labute approximate surface area is 138 Å². The molecule has 0 bridgehead atoms. The Balaban J connectivity index is 2.39. The first-order chi connectivity index (χ1) is 10.8. The molecule has 2 N–H and O–H groups in total. The van der Waals surface area contributed by atoms with E-state index in [9.17, 15) is 8.42 Å². The van der Waals surface area contributed by atoms with Crippen LogP contribution in [0, 0.1) is 12.8 Å². The number of nitrogens with two attached hydrogens (primary N) is 1. The van der Waals surface area contributed by atoms with Gasteiger partial charge in [-0.2, -0.15) is 4.31 Å². The SMILES string of the molecule is COc1cc(C)c(S(=O)(=O)N2CCCC(C(C)N)C2)cc1OC. The van der Waals surface area contributed by atoms with Crippen LogP contribution in [0.15, 0.2) is 17.0 Å². The van der Waals surface area contributed by atoms with Gasteiger partial charge in [-0.1, -0.05) is 0 Å². The van der Waals surface area contributed by atoms with Crippen molar-refractivity contribution in [1.29, 1.82) is 0 Å². The smallest absolute Gasteiger partial charge is 0.243 e. The van der Waals surface area contributed by atoms with Crippen LogP contribution in [0.25, 0.3) is 0 Å². The van der Waals surface area contributed by atoms with Crippen molar-refractivity contribution in [2.75, 3.05) is 27.3 Å². The molecule has 2 rings (SSSR count). The fourth-order valence-corrected chi connectivity index (χ4v) is 4.76. The summed E-state index contributed by atoms with van der Waals surface area (Å²) in [6, 6.07) is 3.22. The first-order valence-electron chi connectivity index (χ1n) is 7.79. The van der Waals surface area contributed by atoms with E-state index in [0.29, 0.717) is 30.2 Å². The van der Waals surface area contributed by atoms with Gasteiger partial charge >= 0.3 is 0 Å². The normalized spacial score (nSPS) is 21.0. The molecule has 2 atom stereocenters. The number of aryl methyl sites for hydroxylation is 1. The molecule has 0 radical (unpaired) electrons. The van der Waals surface area contributed by atoms with Crippen LogP contribution >= 0.6 is 0 Å². The van der Waals surface area contributed by atoms with Crippen molar-refractivity contribution in [3.63, 3.8) is 0 Å². The molecule has 0 aromatic heterocycles. The topological polar surface area (TPSA) is 81.9 Å². The molecule has 0 saturated carbocycles. The fraction of sp³-hybridized carbons (Fsp3) is 0.625. The van der Waals surface area contributed by atoms with Crippen LogP contribution in [0.3, 0.4) is 0 Å². The van der Waals surface area contributed by atoms with Crippen molar-refractivity contribution in [1.82, 2.24) is 4.31 Å². The van der Waals surface area contributed by atoms with Gasteiger partial charge in [-0.3, -0.25) is 0 Å². The molecule has 1 aromatic carbocycles. The Morgan fingerprint density at radius 1 is 1.26 bits per heavy atom. The number of hydrogen-bond donors (Lipinski definition) is 1. The van der Waals surface area contributed by atoms with Crippen molar-refractivity contribution < 1.29 is 17.9 Å². The first kappa shape index (κ1) is 18.0. The van der Waals surface area contributed by atoms with Crippen molar-refractivity contribution in [2.45, 2.75) is 37.6 Å². The van der Waals surface area contributed by atoms with Crippen molar-refractivity contribution in [2.24, 2.45) is 11.7 Å². The highest BCUT2D eigenvalue weighted by molar-refractivity contribution is 7.89. The van der Waals surface area contributed by atoms with Crippen LogP contribution in [0.1, 0.15) is 25.3 Å². The fourth-order valence-electron chi connectivity index (χ4n) is 3.00. The predicted octanol–water partition coefficient (Wildman–Crippen LogP) is 1.76. The highest BCUT2D eigenvalue weighted by Gasteiger charge is 2.33. The zero-order chi connectivity index (χ0) is 17.2. The third kappa shape index (κ3) is 3.62. The van der Waals surface area contributed by atoms with Gasteiger partial charge < -0.3 is 15.2 Å². The lowest BCUT2D eigenvalue weighted by molar-refractivity contribution is 0.243. The van der Waals surface area contributed by atoms with Crippen LogP contribution in [-0.4, -0.2) is 46.1 Å². The first-order valence-corrected chi connectivity index (χ1v) is 9.23. The summed E-state index contributed by atoms with van der Waals surface area (Å²) >= 11 is 0. The molecule has 1 aliphatic rings. The Bertz CT molecular complexity index is 658. The lowest BCUT2D eigenvalue weighted by Crippen LogP contribution is -2.45. The van der Waals surface area contributed by atoms with E-state index in [1.54, 1.807) is 23.4 Å². The second kappa shape index (κ2) is 7.07. The van der Waals surface area contributed by atoms with E-state index in [4.69, 9.17) is 15.2 Å². The molecule has 1 fully saturated rings. The minimum Gasteiger partial charge on any atom is -0.493 e. The number of piperidine rings is 1. The lowest BCUT2D eigenvalue weighted by Gasteiger charge is -2.34. The van der Waals surface area contributed by atoms with Gasteiger partial charge in [-0.05, 0) is 44.2 Å². The van der Waals surface area contributed by atoms with E-state index in [1.165, 1.54) is 14.2 Å². The largest absolute Gasteiger partial charge is 0.493 e. The Hall–Kier alpha value is -1.31. The molecule has 1 aliphatic heterocycles. The maximum absolute atomic E-state index is 13.0. The summed E-state index contributed by atoms with van der Waals surface area (Å²) in [6.07, 6.45) is 1.80. The summed E-state index contributed by atoms with van der Waals surface area (Å²) in [6.45, 7) is 4.69. The summed E-state index contributed by atoms with van der Waals surface area (Å²) < 4.78 is 38.1. The quantitative estimate of drug-likeness (QED) is 0.882. The van der Waals surface area contributed by atoms with Gasteiger partial charge in [0.05, 0.1) is 19.1 Å². The number of rotatable bonds is 5.